The summed E-state index contributed by atoms with van der Waals surface area (Å²) >= 11 is 0. The van der Waals surface area contributed by atoms with Crippen molar-refractivity contribution < 1.29 is 9.84 Å². The van der Waals surface area contributed by atoms with Gasteiger partial charge in [-0.1, -0.05) is 0 Å². The Hall–Kier alpha value is -0.240. The van der Waals surface area contributed by atoms with E-state index in [0.29, 0.717) is 6.54 Å². The lowest BCUT2D eigenvalue weighted by molar-refractivity contribution is 0.0293. The second kappa shape index (κ2) is 6.87. The summed E-state index contributed by atoms with van der Waals surface area (Å²) in [5.41, 5.74) is 4.59. The zero-order valence-corrected chi connectivity index (χ0v) is 5.71. The molecular weight excluding hydrogens is 136 g/mol. The Morgan fingerprint density at radius 3 is 2.60 bits per heavy atom. The predicted octanol–water partition coefficient (Wildman–Crippen LogP) is -2.75. The van der Waals surface area contributed by atoms with Crippen molar-refractivity contribution in [1.29, 1.82) is 0 Å². The van der Waals surface area contributed by atoms with Crippen molar-refractivity contribution in [3.8, 4) is 0 Å². The molecule has 0 aromatic carbocycles. The highest BCUT2D eigenvalue weighted by molar-refractivity contribution is 4.53. The van der Waals surface area contributed by atoms with Gasteiger partial charge in [-0.2, -0.15) is 0 Å². The number of rotatable bonds is 6. The van der Waals surface area contributed by atoms with E-state index in [4.69, 9.17) is 21.5 Å². The standard InChI is InChI=1S/C4H14N4O2/c5-7-1-4(9)2-10-3-8-6/h4,7-9H,1-3,5-6H2. The first kappa shape index (κ1) is 9.76. The molecule has 0 heterocycles. The Bertz CT molecular complexity index is 72.3. The van der Waals surface area contributed by atoms with Crippen LogP contribution in [-0.2, 0) is 4.74 Å². The monoisotopic (exact) mass is 150 g/mol. The lowest BCUT2D eigenvalue weighted by Gasteiger charge is -2.09. The minimum absolute atomic E-state index is 0.217. The Balaban J connectivity index is 2.97. The van der Waals surface area contributed by atoms with Crippen LogP contribution in [0.5, 0.6) is 0 Å². The number of aliphatic hydroxyl groups excluding tert-OH is 1. The maximum absolute atomic E-state index is 8.94. The third-order valence-corrected chi connectivity index (χ3v) is 0.849. The Kier molecular flexibility index (Phi) is 6.71. The van der Waals surface area contributed by atoms with Gasteiger partial charge in [-0.25, -0.2) is 5.43 Å². The van der Waals surface area contributed by atoms with Crippen molar-refractivity contribution in [3.63, 3.8) is 0 Å². The third-order valence-electron chi connectivity index (χ3n) is 0.849. The van der Waals surface area contributed by atoms with Crippen LogP contribution in [0.3, 0.4) is 0 Å². The van der Waals surface area contributed by atoms with Crippen LogP contribution in [0.25, 0.3) is 0 Å². The molecule has 10 heavy (non-hydrogen) atoms. The summed E-state index contributed by atoms with van der Waals surface area (Å²) in [5.74, 6) is 9.82. The summed E-state index contributed by atoms with van der Waals surface area (Å²) in [6.07, 6.45) is -0.585. The van der Waals surface area contributed by atoms with E-state index in [9.17, 15) is 0 Å². The average Bonchev–Trinajstić information content (AvgIpc) is 1.89. The van der Waals surface area contributed by atoms with E-state index in [2.05, 4.69) is 10.9 Å². The van der Waals surface area contributed by atoms with E-state index in [1.54, 1.807) is 0 Å². The molecular formula is C4H14N4O2. The molecule has 0 saturated heterocycles. The quantitative estimate of drug-likeness (QED) is 0.122. The molecule has 0 aliphatic rings. The summed E-state index contributed by atoms with van der Waals surface area (Å²) in [6, 6.07) is 0. The SMILES string of the molecule is NNCOCC(O)CNN. The summed E-state index contributed by atoms with van der Waals surface area (Å²) < 4.78 is 4.82. The Morgan fingerprint density at radius 1 is 1.40 bits per heavy atom. The number of hydrogen-bond acceptors (Lipinski definition) is 6. The summed E-state index contributed by atoms with van der Waals surface area (Å²) in [4.78, 5) is 0. The van der Waals surface area contributed by atoms with Crippen molar-refractivity contribution in [1.82, 2.24) is 10.9 Å². The fraction of sp³-hybridized carbons (Fsp3) is 1.00. The summed E-state index contributed by atoms with van der Waals surface area (Å²) in [5, 5.41) is 8.94. The fourth-order valence-corrected chi connectivity index (χ4v) is 0.449. The van der Waals surface area contributed by atoms with Crippen molar-refractivity contribution >= 4 is 0 Å². The number of nitrogens with two attached hydrogens (primary N) is 2. The highest BCUT2D eigenvalue weighted by Crippen LogP contribution is 1.79. The molecule has 0 fully saturated rings. The third kappa shape index (κ3) is 5.89. The van der Waals surface area contributed by atoms with Gasteiger partial charge in [-0.3, -0.25) is 17.1 Å². The molecule has 0 saturated carbocycles. The van der Waals surface area contributed by atoms with Gasteiger partial charge in [0.15, 0.2) is 0 Å². The second-order valence-corrected chi connectivity index (χ2v) is 1.78. The molecule has 1 unspecified atom stereocenters. The normalized spacial score (nSPS) is 13.5. The fourth-order valence-electron chi connectivity index (χ4n) is 0.449. The van der Waals surface area contributed by atoms with Gasteiger partial charge in [0, 0.05) is 6.54 Å². The van der Waals surface area contributed by atoms with E-state index in [0.717, 1.165) is 0 Å². The lowest BCUT2D eigenvalue weighted by atomic mass is 10.4. The minimum atomic E-state index is -0.585. The van der Waals surface area contributed by atoms with Crippen molar-refractivity contribution in [2.75, 3.05) is 19.9 Å². The maximum atomic E-state index is 8.94. The van der Waals surface area contributed by atoms with Crippen LogP contribution in [-0.4, -0.2) is 31.1 Å². The lowest BCUT2D eigenvalue weighted by Crippen LogP contribution is -2.36. The average molecular weight is 150 g/mol. The predicted molar refractivity (Wildman–Crippen MR) is 36.3 cm³/mol. The number of aliphatic hydroxyl groups is 1. The molecule has 0 amide bonds. The van der Waals surface area contributed by atoms with E-state index >= 15 is 0 Å². The molecule has 0 rings (SSSR count). The van der Waals surface area contributed by atoms with Crippen molar-refractivity contribution in [2.24, 2.45) is 11.7 Å². The topological polar surface area (TPSA) is 106 Å². The van der Waals surface area contributed by atoms with Crippen LogP contribution in [0.15, 0.2) is 0 Å². The van der Waals surface area contributed by atoms with E-state index in [1.807, 2.05) is 0 Å². The first-order valence-corrected chi connectivity index (χ1v) is 2.94. The van der Waals surface area contributed by atoms with Crippen molar-refractivity contribution in [3.05, 3.63) is 0 Å². The Morgan fingerprint density at radius 2 is 2.10 bits per heavy atom. The largest absolute Gasteiger partial charge is 0.389 e. The second-order valence-electron chi connectivity index (χ2n) is 1.78. The van der Waals surface area contributed by atoms with Crippen LogP contribution in [0.4, 0.5) is 0 Å². The molecule has 62 valence electrons. The van der Waals surface area contributed by atoms with Crippen LogP contribution in [0.2, 0.25) is 0 Å². The first-order valence-electron chi connectivity index (χ1n) is 2.94. The Labute approximate surface area is 59.5 Å². The van der Waals surface area contributed by atoms with Gasteiger partial charge >= 0.3 is 0 Å². The number of hydrazine groups is 2. The van der Waals surface area contributed by atoms with Crippen LogP contribution in [0.1, 0.15) is 0 Å². The van der Waals surface area contributed by atoms with E-state index < -0.39 is 6.10 Å². The zero-order chi connectivity index (χ0) is 7.82. The van der Waals surface area contributed by atoms with Gasteiger partial charge in [0.25, 0.3) is 0 Å². The van der Waals surface area contributed by atoms with Gasteiger partial charge in [-0.15, -0.1) is 0 Å². The molecule has 1 atom stereocenters. The summed E-state index contributed by atoms with van der Waals surface area (Å²) in [6.45, 7) is 0.751. The first-order chi connectivity index (χ1) is 4.81. The summed E-state index contributed by atoms with van der Waals surface area (Å²) in [7, 11) is 0. The molecule has 7 N–H and O–H groups in total. The molecule has 0 spiro atoms. The van der Waals surface area contributed by atoms with E-state index in [1.165, 1.54) is 0 Å². The molecule has 6 nitrogen and oxygen atoms in total. The highest BCUT2D eigenvalue weighted by Gasteiger charge is 2.00. The molecule has 0 radical (unpaired) electrons. The molecule has 0 aliphatic carbocycles. The van der Waals surface area contributed by atoms with Gasteiger partial charge in [-0.05, 0) is 0 Å². The molecule has 0 aromatic rings. The number of hydrogen-bond donors (Lipinski definition) is 5. The number of nitrogens with one attached hydrogen (secondary N) is 2. The van der Waals surface area contributed by atoms with E-state index in [-0.39, 0.29) is 13.3 Å². The van der Waals surface area contributed by atoms with Crippen LogP contribution < -0.4 is 22.5 Å². The maximum Gasteiger partial charge on any atom is 0.109 e. The zero-order valence-electron chi connectivity index (χ0n) is 5.71. The van der Waals surface area contributed by atoms with Crippen molar-refractivity contribution in [2.45, 2.75) is 6.10 Å². The van der Waals surface area contributed by atoms with Gasteiger partial charge in [0.2, 0.25) is 0 Å². The van der Waals surface area contributed by atoms with Gasteiger partial charge in [0.1, 0.15) is 6.73 Å². The molecule has 0 bridgehead atoms. The molecule has 0 aliphatic heterocycles. The molecule has 6 heteroatoms. The van der Waals surface area contributed by atoms with Crippen LogP contribution in [0, 0.1) is 0 Å². The van der Waals surface area contributed by atoms with Gasteiger partial charge in [0.05, 0.1) is 12.7 Å². The van der Waals surface area contributed by atoms with Crippen LogP contribution >= 0.6 is 0 Å². The number of ether oxygens (including phenoxy) is 1. The minimum Gasteiger partial charge on any atom is -0.389 e. The van der Waals surface area contributed by atoms with Gasteiger partial charge < -0.3 is 9.84 Å². The molecule has 0 aromatic heterocycles. The smallest absolute Gasteiger partial charge is 0.109 e. The highest BCUT2D eigenvalue weighted by atomic mass is 16.5.